The molecule has 0 spiro atoms. The van der Waals surface area contributed by atoms with Crippen molar-refractivity contribution in [3.63, 3.8) is 0 Å². The molecule has 2 heterocycles. The first-order valence-corrected chi connectivity index (χ1v) is 7.97. The van der Waals surface area contributed by atoms with Crippen LogP contribution in [0, 0.1) is 5.92 Å². The first kappa shape index (κ1) is 13.9. The summed E-state index contributed by atoms with van der Waals surface area (Å²) in [6, 6.07) is 7.82. The number of fused-ring (bicyclic) bond motifs is 1. The molecule has 1 aliphatic rings. The van der Waals surface area contributed by atoms with Crippen molar-refractivity contribution >= 4 is 38.9 Å². The molecular formula is C15H16ClNO2S. The molecule has 1 fully saturated rings. The fraction of sp³-hybridized carbons (Fsp3) is 0.400. The molecule has 1 unspecified atom stereocenters. The van der Waals surface area contributed by atoms with Gasteiger partial charge in [-0.3, -0.25) is 4.79 Å². The predicted octanol–water partition coefficient (Wildman–Crippen LogP) is 3.40. The number of aliphatic hydroxyl groups excluding tert-OH is 1. The van der Waals surface area contributed by atoms with Crippen LogP contribution < -0.4 is 0 Å². The molecule has 1 amide bonds. The van der Waals surface area contributed by atoms with Crippen molar-refractivity contribution < 1.29 is 9.90 Å². The number of aliphatic hydroxyl groups is 1. The van der Waals surface area contributed by atoms with Gasteiger partial charge in [-0.1, -0.05) is 29.8 Å². The van der Waals surface area contributed by atoms with E-state index in [-0.39, 0.29) is 12.5 Å². The minimum absolute atomic E-state index is 0.0247. The lowest BCUT2D eigenvalue weighted by Gasteiger charge is -2.15. The summed E-state index contributed by atoms with van der Waals surface area (Å²) >= 11 is 7.81. The summed E-state index contributed by atoms with van der Waals surface area (Å²) in [5, 5.41) is 10.5. The Morgan fingerprint density at radius 3 is 3.00 bits per heavy atom. The van der Waals surface area contributed by atoms with Crippen LogP contribution in [0.1, 0.15) is 22.5 Å². The van der Waals surface area contributed by atoms with Gasteiger partial charge >= 0.3 is 0 Å². The Bertz CT molecular complexity index is 640. The topological polar surface area (TPSA) is 40.5 Å². The van der Waals surface area contributed by atoms with Crippen molar-refractivity contribution in [1.82, 2.24) is 4.90 Å². The summed E-state index contributed by atoms with van der Waals surface area (Å²) in [5.41, 5.74) is 0. The van der Waals surface area contributed by atoms with Gasteiger partial charge in [0.2, 0.25) is 0 Å². The quantitative estimate of drug-likeness (QED) is 0.944. The number of halogens is 1. The predicted molar refractivity (Wildman–Crippen MR) is 82.5 cm³/mol. The van der Waals surface area contributed by atoms with Gasteiger partial charge in [0.05, 0.1) is 5.02 Å². The van der Waals surface area contributed by atoms with Crippen LogP contribution in [0.4, 0.5) is 0 Å². The highest BCUT2D eigenvalue weighted by molar-refractivity contribution is 7.21. The van der Waals surface area contributed by atoms with Gasteiger partial charge in [-0.25, -0.2) is 0 Å². The molecule has 0 radical (unpaired) electrons. The van der Waals surface area contributed by atoms with Crippen LogP contribution in [-0.2, 0) is 0 Å². The zero-order chi connectivity index (χ0) is 14.1. The second-order valence-corrected chi connectivity index (χ2v) is 6.59. The van der Waals surface area contributed by atoms with E-state index in [4.69, 9.17) is 16.7 Å². The highest BCUT2D eigenvalue weighted by Crippen LogP contribution is 2.36. The average molecular weight is 310 g/mol. The lowest BCUT2D eigenvalue weighted by Crippen LogP contribution is -2.28. The van der Waals surface area contributed by atoms with Crippen LogP contribution in [0.3, 0.4) is 0 Å². The Hall–Kier alpha value is -1.10. The molecule has 1 atom stereocenters. The average Bonchev–Trinajstić information content (AvgIpc) is 3.05. The monoisotopic (exact) mass is 309 g/mol. The second-order valence-electron chi connectivity index (χ2n) is 5.16. The number of amides is 1. The maximum absolute atomic E-state index is 12.6. The van der Waals surface area contributed by atoms with E-state index >= 15 is 0 Å². The molecule has 1 aliphatic heterocycles. The molecular weight excluding hydrogens is 294 g/mol. The van der Waals surface area contributed by atoms with E-state index in [1.807, 2.05) is 29.2 Å². The van der Waals surface area contributed by atoms with Crippen molar-refractivity contribution in [2.24, 2.45) is 5.92 Å². The molecule has 3 nitrogen and oxygen atoms in total. The number of hydrogen-bond donors (Lipinski definition) is 1. The number of hydrogen-bond acceptors (Lipinski definition) is 3. The molecule has 0 aliphatic carbocycles. The van der Waals surface area contributed by atoms with Gasteiger partial charge < -0.3 is 10.0 Å². The SMILES string of the molecule is O=C(c1sc2ccccc2c1Cl)N1CCC(CCO)C1. The molecule has 0 saturated carbocycles. The molecule has 2 aromatic rings. The summed E-state index contributed by atoms with van der Waals surface area (Å²) in [6.45, 7) is 1.67. The zero-order valence-corrected chi connectivity index (χ0v) is 12.6. The third-order valence-electron chi connectivity index (χ3n) is 3.84. The maximum Gasteiger partial charge on any atom is 0.265 e. The molecule has 20 heavy (non-hydrogen) atoms. The number of carbonyl (C=O) groups excluding carboxylic acids is 1. The van der Waals surface area contributed by atoms with Gasteiger partial charge in [0.1, 0.15) is 4.88 Å². The number of likely N-dealkylation sites (tertiary alicyclic amines) is 1. The first-order valence-electron chi connectivity index (χ1n) is 6.78. The maximum atomic E-state index is 12.6. The van der Waals surface area contributed by atoms with Gasteiger partial charge in [-0.15, -0.1) is 11.3 Å². The van der Waals surface area contributed by atoms with Crippen LogP contribution >= 0.6 is 22.9 Å². The van der Waals surface area contributed by atoms with E-state index in [0.717, 1.165) is 36.0 Å². The normalized spacial score (nSPS) is 18.9. The fourth-order valence-electron chi connectivity index (χ4n) is 2.73. The molecule has 106 valence electrons. The third kappa shape index (κ3) is 2.43. The number of thiophene rings is 1. The van der Waals surface area contributed by atoms with Crippen LogP contribution in [0.15, 0.2) is 24.3 Å². The van der Waals surface area contributed by atoms with Crippen molar-refractivity contribution in [1.29, 1.82) is 0 Å². The van der Waals surface area contributed by atoms with E-state index in [1.165, 1.54) is 11.3 Å². The number of nitrogens with zero attached hydrogens (tertiary/aromatic N) is 1. The van der Waals surface area contributed by atoms with Crippen LogP contribution in [0.25, 0.3) is 10.1 Å². The summed E-state index contributed by atoms with van der Waals surface area (Å²) in [4.78, 5) is 15.1. The Morgan fingerprint density at radius 2 is 2.25 bits per heavy atom. The standard InChI is InChI=1S/C15H16ClNO2S/c16-13-11-3-1-2-4-12(11)20-14(13)15(19)17-7-5-10(9-17)6-8-18/h1-4,10,18H,5-9H2. The first-order chi connectivity index (χ1) is 9.70. The summed E-state index contributed by atoms with van der Waals surface area (Å²) in [7, 11) is 0. The molecule has 1 aromatic heterocycles. The molecule has 3 rings (SSSR count). The third-order valence-corrected chi connectivity index (χ3v) is 5.50. The molecule has 1 saturated heterocycles. The van der Waals surface area contributed by atoms with Gasteiger partial charge in [0.25, 0.3) is 5.91 Å². The van der Waals surface area contributed by atoms with Crippen molar-refractivity contribution in [3.05, 3.63) is 34.2 Å². The lowest BCUT2D eigenvalue weighted by atomic mass is 10.1. The van der Waals surface area contributed by atoms with Gasteiger partial charge in [-0.05, 0) is 24.8 Å². The van der Waals surface area contributed by atoms with E-state index in [9.17, 15) is 4.79 Å². The second kappa shape index (κ2) is 5.72. The largest absolute Gasteiger partial charge is 0.396 e. The van der Waals surface area contributed by atoms with Crippen molar-refractivity contribution in [3.8, 4) is 0 Å². The van der Waals surface area contributed by atoms with Gasteiger partial charge in [-0.2, -0.15) is 0 Å². The van der Waals surface area contributed by atoms with Crippen molar-refractivity contribution in [2.75, 3.05) is 19.7 Å². The Balaban J connectivity index is 1.84. The molecule has 5 heteroatoms. The highest BCUT2D eigenvalue weighted by Gasteiger charge is 2.29. The van der Waals surface area contributed by atoms with Crippen LogP contribution in [0.2, 0.25) is 5.02 Å². The zero-order valence-electron chi connectivity index (χ0n) is 11.0. The van der Waals surface area contributed by atoms with E-state index in [1.54, 1.807) is 0 Å². The molecule has 0 bridgehead atoms. The van der Waals surface area contributed by atoms with Crippen LogP contribution in [-0.4, -0.2) is 35.6 Å². The number of carbonyl (C=O) groups is 1. The summed E-state index contributed by atoms with van der Waals surface area (Å²) < 4.78 is 1.05. The minimum atomic E-state index is 0.0247. The number of benzene rings is 1. The minimum Gasteiger partial charge on any atom is -0.396 e. The van der Waals surface area contributed by atoms with E-state index in [2.05, 4.69) is 0 Å². The number of rotatable bonds is 3. The summed E-state index contributed by atoms with van der Waals surface area (Å²) in [6.07, 6.45) is 1.73. The highest BCUT2D eigenvalue weighted by atomic mass is 35.5. The van der Waals surface area contributed by atoms with E-state index in [0.29, 0.717) is 15.8 Å². The molecule has 1 N–H and O–H groups in total. The summed E-state index contributed by atoms with van der Waals surface area (Å²) in [5.74, 6) is 0.439. The fourth-order valence-corrected chi connectivity index (χ4v) is 4.21. The molecule has 1 aromatic carbocycles. The smallest absolute Gasteiger partial charge is 0.265 e. The van der Waals surface area contributed by atoms with Gasteiger partial charge in [0.15, 0.2) is 0 Å². The van der Waals surface area contributed by atoms with Crippen molar-refractivity contribution in [2.45, 2.75) is 12.8 Å². The Morgan fingerprint density at radius 1 is 1.45 bits per heavy atom. The lowest BCUT2D eigenvalue weighted by molar-refractivity contribution is 0.0790. The van der Waals surface area contributed by atoms with Crippen LogP contribution in [0.5, 0.6) is 0 Å². The van der Waals surface area contributed by atoms with E-state index < -0.39 is 0 Å². The Labute approximate surface area is 126 Å². The van der Waals surface area contributed by atoms with Gasteiger partial charge in [0, 0.05) is 29.8 Å². The Kier molecular flexibility index (Phi) is 3.96.